The number of ether oxygens (including phenoxy) is 2. The predicted octanol–water partition coefficient (Wildman–Crippen LogP) is 1.75. The molecule has 0 heterocycles. The van der Waals surface area contributed by atoms with Crippen molar-refractivity contribution in [3.8, 4) is 11.5 Å². The molecule has 0 aliphatic rings. The average Bonchev–Trinajstić information content (AvgIpc) is 2.60. The highest BCUT2D eigenvalue weighted by molar-refractivity contribution is 7.88. The third-order valence-electron chi connectivity index (χ3n) is 3.65. The summed E-state index contributed by atoms with van der Waals surface area (Å²) in [6, 6.07) is 5.54. The number of methoxy groups -OCH3 is 1. The van der Waals surface area contributed by atoms with E-state index in [1.165, 1.54) is 10.6 Å². The zero-order chi connectivity index (χ0) is 19.6. The number of rotatable bonds is 10. The molecule has 0 fully saturated rings. The zero-order valence-corrected chi connectivity index (χ0v) is 17.0. The molecule has 26 heavy (non-hydrogen) atoms. The standard InChI is InChI=1S/C17H30N4O4S/c1-6-21(26(5,22)23)12-8-11-19-17(18-3)20-14-9-10-15(24-4)16(13-14)25-7-2/h9-10,13H,6-8,11-12H2,1-5H3,(H2,18,19,20). The Bertz CT molecular complexity index is 692. The van der Waals surface area contributed by atoms with Crippen molar-refractivity contribution in [3.63, 3.8) is 0 Å². The van der Waals surface area contributed by atoms with Crippen molar-refractivity contribution < 1.29 is 17.9 Å². The lowest BCUT2D eigenvalue weighted by Crippen LogP contribution is -2.35. The van der Waals surface area contributed by atoms with Gasteiger partial charge in [0.25, 0.3) is 0 Å². The maximum Gasteiger partial charge on any atom is 0.211 e. The molecule has 8 nitrogen and oxygen atoms in total. The Balaban J connectivity index is 2.59. The maximum atomic E-state index is 11.6. The van der Waals surface area contributed by atoms with Gasteiger partial charge in [-0.25, -0.2) is 12.7 Å². The first-order chi connectivity index (χ1) is 12.3. The molecule has 0 aromatic heterocycles. The van der Waals surface area contributed by atoms with E-state index in [4.69, 9.17) is 9.47 Å². The molecule has 0 atom stereocenters. The second-order valence-corrected chi connectivity index (χ2v) is 7.51. The largest absolute Gasteiger partial charge is 0.493 e. The van der Waals surface area contributed by atoms with Gasteiger partial charge in [0, 0.05) is 38.4 Å². The minimum atomic E-state index is -3.15. The highest BCUT2D eigenvalue weighted by Gasteiger charge is 2.13. The van der Waals surface area contributed by atoms with Crippen molar-refractivity contribution in [1.82, 2.24) is 9.62 Å². The van der Waals surface area contributed by atoms with Crippen LogP contribution < -0.4 is 20.1 Å². The number of nitrogens with zero attached hydrogens (tertiary/aromatic N) is 2. The Morgan fingerprint density at radius 1 is 1.27 bits per heavy atom. The zero-order valence-electron chi connectivity index (χ0n) is 16.2. The first-order valence-corrected chi connectivity index (χ1v) is 10.4. The smallest absolute Gasteiger partial charge is 0.211 e. The maximum absolute atomic E-state index is 11.6. The van der Waals surface area contributed by atoms with Crippen LogP contribution in [0.15, 0.2) is 23.2 Å². The van der Waals surface area contributed by atoms with Crippen LogP contribution in [0.4, 0.5) is 5.69 Å². The monoisotopic (exact) mass is 386 g/mol. The van der Waals surface area contributed by atoms with Crippen molar-refractivity contribution in [2.75, 3.05) is 52.0 Å². The summed E-state index contributed by atoms with van der Waals surface area (Å²) >= 11 is 0. The van der Waals surface area contributed by atoms with Crippen molar-refractivity contribution in [1.29, 1.82) is 0 Å². The van der Waals surface area contributed by atoms with E-state index in [1.807, 2.05) is 32.0 Å². The molecule has 0 saturated heterocycles. The summed E-state index contributed by atoms with van der Waals surface area (Å²) in [5.41, 5.74) is 0.814. The van der Waals surface area contributed by atoms with E-state index in [2.05, 4.69) is 15.6 Å². The number of hydrogen-bond donors (Lipinski definition) is 2. The van der Waals surface area contributed by atoms with Gasteiger partial charge in [0.2, 0.25) is 10.0 Å². The van der Waals surface area contributed by atoms with Crippen molar-refractivity contribution in [3.05, 3.63) is 18.2 Å². The first kappa shape index (κ1) is 22.0. The molecule has 0 amide bonds. The number of anilines is 1. The van der Waals surface area contributed by atoms with Crippen LogP contribution in [0, 0.1) is 0 Å². The topological polar surface area (TPSA) is 92.3 Å². The van der Waals surface area contributed by atoms with Gasteiger partial charge in [-0.05, 0) is 25.5 Å². The van der Waals surface area contributed by atoms with Crippen LogP contribution in [-0.4, -0.2) is 65.3 Å². The molecule has 9 heteroatoms. The molecule has 0 radical (unpaired) electrons. The summed E-state index contributed by atoms with van der Waals surface area (Å²) in [5.74, 6) is 1.92. The first-order valence-electron chi connectivity index (χ1n) is 8.59. The summed E-state index contributed by atoms with van der Waals surface area (Å²) in [6.45, 7) is 5.82. The van der Waals surface area contributed by atoms with Crippen molar-refractivity contribution in [2.45, 2.75) is 20.3 Å². The van der Waals surface area contributed by atoms with E-state index in [-0.39, 0.29) is 0 Å². The fourth-order valence-electron chi connectivity index (χ4n) is 2.36. The van der Waals surface area contributed by atoms with Gasteiger partial charge >= 0.3 is 0 Å². The second kappa shape index (κ2) is 10.9. The van der Waals surface area contributed by atoms with Gasteiger partial charge in [-0.1, -0.05) is 6.92 Å². The van der Waals surface area contributed by atoms with Gasteiger partial charge in [0.1, 0.15) is 0 Å². The molecule has 1 rings (SSSR count). The van der Waals surface area contributed by atoms with Gasteiger partial charge in [-0.2, -0.15) is 0 Å². The van der Waals surface area contributed by atoms with Crippen LogP contribution in [0.3, 0.4) is 0 Å². The Kier molecular flexibility index (Phi) is 9.22. The number of hydrogen-bond acceptors (Lipinski definition) is 5. The molecule has 0 bridgehead atoms. The number of benzene rings is 1. The van der Waals surface area contributed by atoms with Crippen LogP contribution in [0.1, 0.15) is 20.3 Å². The van der Waals surface area contributed by atoms with Gasteiger partial charge in [-0.15, -0.1) is 0 Å². The third kappa shape index (κ3) is 7.09. The fourth-order valence-corrected chi connectivity index (χ4v) is 3.29. The van der Waals surface area contributed by atoms with Crippen LogP contribution in [0.5, 0.6) is 11.5 Å². The van der Waals surface area contributed by atoms with Gasteiger partial charge < -0.3 is 20.1 Å². The average molecular weight is 387 g/mol. The van der Waals surface area contributed by atoms with E-state index >= 15 is 0 Å². The quantitative estimate of drug-likeness (QED) is 0.362. The SMILES string of the molecule is CCOc1cc(NC(=NC)NCCCN(CC)S(C)(=O)=O)ccc1OC. The number of nitrogens with one attached hydrogen (secondary N) is 2. The van der Waals surface area contributed by atoms with Gasteiger partial charge in [-0.3, -0.25) is 4.99 Å². The lowest BCUT2D eigenvalue weighted by atomic mass is 10.2. The lowest BCUT2D eigenvalue weighted by molar-refractivity contribution is 0.311. The molecule has 0 aliphatic carbocycles. The summed E-state index contributed by atoms with van der Waals surface area (Å²) in [6.07, 6.45) is 1.90. The van der Waals surface area contributed by atoms with E-state index in [1.54, 1.807) is 14.2 Å². The van der Waals surface area contributed by atoms with Crippen molar-refractivity contribution >= 4 is 21.7 Å². The van der Waals surface area contributed by atoms with Crippen LogP contribution in [0.25, 0.3) is 0 Å². The molecular weight excluding hydrogens is 356 g/mol. The van der Waals surface area contributed by atoms with E-state index < -0.39 is 10.0 Å². The minimum absolute atomic E-state index is 0.469. The fraction of sp³-hybridized carbons (Fsp3) is 0.588. The molecule has 0 unspecified atom stereocenters. The second-order valence-electron chi connectivity index (χ2n) is 5.53. The molecule has 1 aromatic carbocycles. The number of aliphatic imine (C=N–C) groups is 1. The van der Waals surface area contributed by atoms with Crippen LogP contribution in [0.2, 0.25) is 0 Å². The molecule has 0 spiro atoms. The normalized spacial score (nSPS) is 12.2. The summed E-state index contributed by atoms with van der Waals surface area (Å²) < 4.78 is 35.4. The summed E-state index contributed by atoms with van der Waals surface area (Å²) in [4.78, 5) is 4.18. The highest BCUT2D eigenvalue weighted by atomic mass is 32.2. The number of guanidine groups is 1. The molecule has 0 aliphatic heterocycles. The Morgan fingerprint density at radius 2 is 2.00 bits per heavy atom. The van der Waals surface area contributed by atoms with Crippen LogP contribution >= 0.6 is 0 Å². The Hall–Kier alpha value is -2.00. The molecule has 2 N–H and O–H groups in total. The summed E-state index contributed by atoms with van der Waals surface area (Å²) in [7, 11) is 0.124. The Labute approximate surface area is 156 Å². The lowest BCUT2D eigenvalue weighted by Gasteiger charge is -2.18. The molecule has 148 valence electrons. The van der Waals surface area contributed by atoms with E-state index in [0.29, 0.717) is 50.1 Å². The van der Waals surface area contributed by atoms with E-state index in [0.717, 1.165) is 5.69 Å². The third-order valence-corrected chi connectivity index (χ3v) is 5.03. The van der Waals surface area contributed by atoms with Crippen molar-refractivity contribution in [2.24, 2.45) is 4.99 Å². The van der Waals surface area contributed by atoms with Crippen LogP contribution in [-0.2, 0) is 10.0 Å². The van der Waals surface area contributed by atoms with Gasteiger partial charge in [0.15, 0.2) is 17.5 Å². The molecular formula is C17H30N4O4S. The summed E-state index contributed by atoms with van der Waals surface area (Å²) in [5, 5.41) is 6.36. The predicted molar refractivity (Wildman–Crippen MR) is 106 cm³/mol. The minimum Gasteiger partial charge on any atom is -0.493 e. The molecule has 1 aromatic rings. The van der Waals surface area contributed by atoms with Gasteiger partial charge in [0.05, 0.1) is 20.0 Å². The Morgan fingerprint density at radius 3 is 2.54 bits per heavy atom. The number of sulfonamides is 1. The molecule has 0 saturated carbocycles. The highest BCUT2D eigenvalue weighted by Crippen LogP contribution is 2.30. The van der Waals surface area contributed by atoms with E-state index in [9.17, 15) is 8.42 Å².